The van der Waals surface area contributed by atoms with Crippen molar-refractivity contribution >= 4 is 34.6 Å². The van der Waals surface area contributed by atoms with Gasteiger partial charge in [-0.15, -0.1) is 0 Å². The van der Waals surface area contributed by atoms with Gasteiger partial charge in [0.2, 0.25) is 5.91 Å². The Balaban J connectivity index is 1.54. The predicted molar refractivity (Wildman–Crippen MR) is 127 cm³/mol. The third kappa shape index (κ3) is 4.52. The molecule has 1 fully saturated rings. The summed E-state index contributed by atoms with van der Waals surface area (Å²) < 4.78 is 0. The highest BCUT2D eigenvalue weighted by Gasteiger charge is 2.23. The van der Waals surface area contributed by atoms with E-state index in [0.29, 0.717) is 11.5 Å². The van der Waals surface area contributed by atoms with E-state index in [1.165, 1.54) is 0 Å². The fourth-order valence-electron chi connectivity index (χ4n) is 3.83. The molecule has 1 aliphatic heterocycles. The molecule has 0 spiro atoms. The van der Waals surface area contributed by atoms with Crippen LogP contribution in [0.2, 0.25) is 0 Å². The molecule has 5 heteroatoms. The Hall–Kier alpha value is -3.18. The fraction of sp³-hybridized carbons (Fsp3) is 0.200. The molecule has 1 aliphatic rings. The number of carbonyl (C=O) groups excluding carboxylic acids is 1. The Bertz CT molecular complexity index is 997. The number of carbonyl (C=O) groups is 1. The standard InChI is InChI=1S/C25H25N3OS/c1-18-14-15-21(17-22(18)28-16-8-13-23(28)29)26-25(30)27-24(19-9-4-2-5-10-19)20-11-6-3-7-12-20/h2-7,9-12,14-15,17,24H,8,13,16H2,1H3,(H2,26,27,30). The Morgan fingerprint density at radius 2 is 1.60 bits per heavy atom. The zero-order valence-electron chi connectivity index (χ0n) is 17.0. The monoisotopic (exact) mass is 415 g/mol. The van der Waals surface area contributed by atoms with Gasteiger partial charge in [-0.25, -0.2) is 0 Å². The molecule has 3 aromatic carbocycles. The van der Waals surface area contributed by atoms with Crippen LogP contribution in [0.3, 0.4) is 0 Å². The second kappa shape index (κ2) is 9.09. The summed E-state index contributed by atoms with van der Waals surface area (Å²) in [5, 5.41) is 7.29. The average molecular weight is 416 g/mol. The van der Waals surface area contributed by atoms with Crippen LogP contribution in [0.1, 0.15) is 35.6 Å². The first-order valence-electron chi connectivity index (χ1n) is 10.2. The molecule has 2 N–H and O–H groups in total. The lowest BCUT2D eigenvalue weighted by Gasteiger charge is -2.23. The molecular formula is C25H25N3OS. The van der Waals surface area contributed by atoms with E-state index >= 15 is 0 Å². The maximum Gasteiger partial charge on any atom is 0.227 e. The summed E-state index contributed by atoms with van der Waals surface area (Å²) in [6.07, 6.45) is 1.53. The van der Waals surface area contributed by atoms with E-state index in [-0.39, 0.29) is 11.9 Å². The third-order valence-corrected chi connectivity index (χ3v) is 5.59. The van der Waals surface area contributed by atoms with E-state index in [4.69, 9.17) is 12.2 Å². The van der Waals surface area contributed by atoms with Crippen LogP contribution in [0.15, 0.2) is 78.9 Å². The van der Waals surface area contributed by atoms with E-state index in [9.17, 15) is 4.79 Å². The molecule has 0 atom stereocenters. The lowest BCUT2D eigenvalue weighted by molar-refractivity contribution is -0.117. The maximum absolute atomic E-state index is 12.2. The molecule has 1 amide bonds. The highest BCUT2D eigenvalue weighted by Crippen LogP contribution is 2.28. The molecule has 0 bridgehead atoms. The first-order valence-corrected chi connectivity index (χ1v) is 10.6. The van der Waals surface area contributed by atoms with Gasteiger partial charge in [-0.2, -0.15) is 0 Å². The Morgan fingerprint density at radius 3 is 2.17 bits per heavy atom. The molecule has 4 nitrogen and oxygen atoms in total. The SMILES string of the molecule is Cc1ccc(NC(=S)NC(c2ccccc2)c2ccccc2)cc1N1CCCC1=O. The number of nitrogens with zero attached hydrogens (tertiary/aromatic N) is 1. The summed E-state index contributed by atoms with van der Waals surface area (Å²) in [5.74, 6) is 0.184. The summed E-state index contributed by atoms with van der Waals surface area (Å²) in [4.78, 5) is 14.1. The molecule has 4 rings (SSSR count). The van der Waals surface area contributed by atoms with Crippen molar-refractivity contribution in [1.82, 2.24) is 5.32 Å². The first kappa shape index (κ1) is 20.1. The number of thiocarbonyl (C=S) groups is 1. The molecule has 3 aromatic rings. The number of aryl methyl sites for hydroxylation is 1. The molecule has 0 saturated carbocycles. The van der Waals surface area contributed by atoms with Gasteiger partial charge in [0.05, 0.1) is 6.04 Å². The minimum atomic E-state index is -0.0579. The third-order valence-electron chi connectivity index (χ3n) is 5.37. The number of rotatable bonds is 5. The molecule has 30 heavy (non-hydrogen) atoms. The van der Waals surface area contributed by atoms with Gasteiger partial charge in [0, 0.05) is 24.3 Å². The normalized spacial score (nSPS) is 13.5. The van der Waals surface area contributed by atoms with Gasteiger partial charge in [0.1, 0.15) is 0 Å². The summed E-state index contributed by atoms with van der Waals surface area (Å²) in [6.45, 7) is 2.80. The minimum Gasteiger partial charge on any atom is -0.352 e. The van der Waals surface area contributed by atoms with Crippen molar-refractivity contribution < 1.29 is 4.79 Å². The summed E-state index contributed by atoms with van der Waals surface area (Å²) >= 11 is 5.64. The Morgan fingerprint density at radius 1 is 0.967 bits per heavy atom. The predicted octanol–water partition coefficient (Wildman–Crippen LogP) is 5.20. The molecule has 0 aromatic heterocycles. The van der Waals surface area contributed by atoms with Crippen LogP contribution in [0.25, 0.3) is 0 Å². The minimum absolute atomic E-state index is 0.0579. The second-order valence-corrected chi connectivity index (χ2v) is 7.91. The molecular weight excluding hydrogens is 390 g/mol. The van der Waals surface area contributed by atoms with E-state index < -0.39 is 0 Å². The number of amides is 1. The lowest BCUT2D eigenvalue weighted by atomic mass is 9.99. The largest absolute Gasteiger partial charge is 0.352 e. The Kier molecular flexibility index (Phi) is 6.10. The van der Waals surface area contributed by atoms with Crippen molar-refractivity contribution in [3.63, 3.8) is 0 Å². The van der Waals surface area contributed by atoms with Gasteiger partial charge < -0.3 is 15.5 Å². The second-order valence-electron chi connectivity index (χ2n) is 7.50. The van der Waals surface area contributed by atoms with Gasteiger partial charge in [-0.05, 0) is 54.4 Å². The average Bonchev–Trinajstić information content (AvgIpc) is 3.20. The number of benzene rings is 3. The van der Waals surface area contributed by atoms with Crippen LogP contribution >= 0.6 is 12.2 Å². The van der Waals surface area contributed by atoms with Crippen LogP contribution < -0.4 is 15.5 Å². The molecule has 1 heterocycles. The highest BCUT2D eigenvalue weighted by molar-refractivity contribution is 7.80. The Labute approximate surface area is 182 Å². The highest BCUT2D eigenvalue weighted by atomic mass is 32.1. The van der Waals surface area contributed by atoms with Gasteiger partial charge in [0.25, 0.3) is 0 Å². The van der Waals surface area contributed by atoms with Gasteiger partial charge in [-0.1, -0.05) is 66.7 Å². The molecule has 0 aliphatic carbocycles. The van der Waals surface area contributed by atoms with Crippen LogP contribution in [0, 0.1) is 6.92 Å². The van der Waals surface area contributed by atoms with Crippen molar-refractivity contribution in [1.29, 1.82) is 0 Å². The first-order chi connectivity index (χ1) is 14.6. The molecule has 152 valence electrons. The van der Waals surface area contributed by atoms with Crippen molar-refractivity contribution in [3.05, 3.63) is 95.6 Å². The van der Waals surface area contributed by atoms with Crippen molar-refractivity contribution in [3.8, 4) is 0 Å². The van der Waals surface area contributed by atoms with Gasteiger partial charge >= 0.3 is 0 Å². The van der Waals surface area contributed by atoms with Gasteiger partial charge in [0.15, 0.2) is 5.11 Å². The zero-order valence-corrected chi connectivity index (χ0v) is 17.8. The quantitative estimate of drug-likeness (QED) is 0.563. The van der Waals surface area contributed by atoms with E-state index in [2.05, 4.69) is 34.9 Å². The summed E-state index contributed by atoms with van der Waals surface area (Å²) in [7, 11) is 0. The topological polar surface area (TPSA) is 44.4 Å². The van der Waals surface area contributed by atoms with Crippen LogP contribution in [-0.2, 0) is 4.79 Å². The number of anilines is 2. The molecule has 0 unspecified atom stereocenters. The van der Waals surface area contributed by atoms with Crippen LogP contribution in [0.5, 0.6) is 0 Å². The molecule has 0 radical (unpaired) electrons. The van der Waals surface area contributed by atoms with Crippen LogP contribution in [-0.4, -0.2) is 17.6 Å². The maximum atomic E-state index is 12.2. The van der Waals surface area contributed by atoms with Crippen molar-refractivity contribution in [2.45, 2.75) is 25.8 Å². The zero-order chi connectivity index (χ0) is 20.9. The fourth-order valence-corrected chi connectivity index (χ4v) is 4.06. The molecule has 1 saturated heterocycles. The van der Waals surface area contributed by atoms with Crippen molar-refractivity contribution in [2.24, 2.45) is 0 Å². The number of hydrogen-bond donors (Lipinski definition) is 2. The summed E-state index contributed by atoms with van der Waals surface area (Å²) in [6, 6.07) is 26.5. The van der Waals surface area contributed by atoms with E-state index in [0.717, 1.165) is 41.0 Å². The lowest BCUT2D eigenvalue weighted by Crippen LogP contribution is -2.33. The van der Waals surface area contributed by atoms with Gasteiger partial charge in [-0.3, -0.25) is 4.79 Å². The number of nitrogens with one attached hydrogen (secondary N) is 2. The van der Waals surface area contributed by atoms with E-state index in [1.54, 1.807) is 0 Å². The smallest absolute Gasteiger partial charge is 0.227 e. The van der Waals surface area contributed by atoms with E-state index in [1.807, 2.05) is 66.4 Å². The number of hydrogen-bond acceptors (Lipinski definition) is 2. The van der Waals surface area contributed by atoms with Crippen LogP contribution in [0.4, 0.5) is 11.4 Å². The summed E-state index contributed by atoms with van der Waals surface area (Å²) in [5.41, 5.74) is 5.18. The van der Waals surface area contributed by atoms with Crippen molar-refractivity contribution in [2.75, 3.05) is 16.8 Å².